The Kier molecular flexibility index (Phi) is 3.42. The molecule has 1 aromatic carbocycles. The minimum Gasteiger partial charge on any atom is -0.344 e. The Bertz CT molecular complexity index is 1000. The van der Waals surface area contributed by atoms with E-state index in [1.54, 1.807) is 18.2 Å². The van der Waals surface area contributed by atoms with E-state index < -0.39 is 17.2 Å². The average Bonchev–Trinajstić information content (AvgIpc) is 2.53. The summed E-state index contributed by atoms with van der Waals surface area (Å²) < 4.78 is 0. The number of allylic oxidation sites excluding steroid dienone is 2. The number of rotatable bonds is 1. The zero-order chi connectivity index (χ0) is 16.8. The predicted molar refractivity (Wildman–Crippen MR) is 90.5 cm³/mol. The van der Waals surface area contributed by atoms with Gasteiger partial charge in [-0.25, -0.2) is 4.79 Å². The maximum absolute atomic E-state index is 12.6. The number of anilines is 1. The van der Waals surface area contributed by atoms with Crippen molar-refractivity contribution in [1.29, 1.82) is 0 Å². The van der Waals surface area contributed by atoms with E-state index in [-0.39, 0.29) is 5.78 Å². The Balaban J connectivity index is 2.03. The molecule has 0 saturated carbocycles. The number of ketones is 1. The monoisotopic (exact) mass is 343 g/mol. The zero-order valence-corrected chi connectivity index (χ0v) is 13.4. The quantitative estimate of drug-likeness (QED) is 0.740. The summed E-state index contributed by atoms with van der Waals surface area (Å²) in [7, 11) is 0. The van der Waals surface area contributed by atoms with E-state index in [2.05, 4.69) is 15.3 Å². The van der Waals surface area contributed by atoms with Crippen molar-refractivity contribution in [3.63, 3.8) is 0 Å². The molecule has 0 spiro atoms. The van der Waals surface area contributed by atoms with Crippen LogP contribution in [0.25, 0.3) is 0 Å². The Morgan fingerprint density at radius 3 is 2.71 bits per heavy atom. The second kappa shape index (κ2) is 5.49. The highest BCUT2D eigenvalue weighted by Gasteiger charge is 2.37. The fourth-order valence-corrected chi connectivity index (χ4v) is 3.71. The van der Waals surface area contributed by atoms with Gasteiger partial charge < -0.3 is 5.32 Å². The summed E-state index contributed by atoms with van der Waals surface area (Å²) in [5.74, 6) is -0.171. The van der Waals surface area contributed by atoms with Crippen LogP contribution >= 0.6 is 11.6 Å². The minimum absolute atomic E-state index is 0.0185. The van der Waals surface area contributed by atoms with E-state index in [4.69, 9.17) is 11.6 Å². The van der Waals surface area contributed by atoms with Gasteiger partial charge in [0.1, 0.15) is 5.82 Å². The molecule has 6 nitrogen and oxygen atoms in total. The van der Waals surface area contributed by atoms with Crippen LogP contribution in [-0.2, 0) is 4.79 Å². The van der Waals surface area contributed by atoms with Crippen molar-refractivity contribution in [3.05, 3.63) is 72.5 Å². The number of aromatic nitrogens is 2. The van der Waals surface area contributed by atoms with Crippen molar-refractivity contribution in [3.8, 4) is 0 Å². The zero-order valence-electron chi connectivity index (χ0n) is 12.6. The van der Waals surface area contributed by atoms with Gasteiger partial charge in [0, 0.05) is 28.6 Å². The number of halogens is 1. The van der Waals surface area contributed by atoms with Crippen molar-refractivity contribution >= 4 is 23.2 Å². The third-order valence-electron chi connectivity index (χ3n) is 4.47. The smallest absolute Gasteiger partial charge is 0.327 e. The molecule has 0 radical (unpaired) electrons. The van der Waals surface area contributed by atoms with Gasteiger partial charge in [-0.2, -0.15) is 0 Å². The molecule has 24 heavy (non-hydrogen) atoms. The molecule has 7 heteroatoms. The van der Waals surface area contributed by atoms with Crippen LogP contribution in [0, 0.1) is 0 Å². The molecular weight excluding hydrogens is 330 g/mol. The standard InChI is InChI=1S/C17H14ClN3O3/c18-9-4-1-3-8(7-9)12-13-10(5-2-6-11(13)22)19-15-14(12)16(23)21-17(24)20-15/h1,3-4,7,12H,2,5-6H2,(H3,19,20,21,23,24)/t12-/m1/s1. The molecule has 4 rings (SSSR count). The van der Waals surface area contributed by atoms with Crippen LogP contribution in [0.3, 0.4) is 0 Å². The highest BCUT2D eigenvalue weighted by atomic mass is 35.5. The SMILES string of the molecule is O=C1CCCC2=C1[C@@H](c1cccc(Cl)c1)c1c([nH]c(=O)[nH]c1=O)N2. The van der Waals surface area contributed by atoms with Crippen molar-refractivity contribution in [2.45, 2.75) is 25.2 Å². The Morgan fingerprint density at radius 1 is 1.08 bits per heavy atom. The Morgan fingerprint density at radius 2 is 1.92 bits per heavy atom. The number of carbonyl (C=O) groups excluding carboxylic acids is 1. The largest absolute Gasteiger partial charge is 0.344 e. The molecule has 1 aromatic heterocycles. The van der Waals surface area contributed by atoms with E-state index in [0.717, 1.165) is 17.7 Å². The fraction of sp³-hybridized carbons (Fsp3) is 0.235. The predicted octanol–water partition coefficient (Wildman–Crippen LogP) is 2.28. The number of nitrogens with one attached hydrogen (secondary N) is 3. The van der Waals surface area contributed by atoms with Gasteiger partial charge >= 0.3 is 5.69 Å². The molecule has 0 saturated heterocycles. The van der Waals surface area contributed by atoms with Crippen LogP contribution in [-0.4, -0.2) is 15.8 Å². The van der Waals surface area contributed by atoms with Crippen molar-refractivity contribution in [2.24, 2.45) is 0 Å². The van der Waals surface area contributed by atoms with E-state index in [1.165, 1.54) is 0 Å². The summed E-state index contributed by atoms with van der Waals surface area (Å²) in [4.78, 5) is 41.5. The van der Waals surface area contributed by atoms with Gasteiger partial charge in [-0.1, -0.05) is 23.7 Å². The van der Waals surface area contributed by atoms with Crippen LogP contribution in [0.1, 0.15) is 36.3 Å². The number of fused-ring (bicyclic) bond motifs is 1. The minimum atomic E-state index is -0.581. The highest BCUT2D eigenvalue weighted by molar-refractivity contribution is 6.30. The molecule has 1 atom stereocenters. The molecule has 3 N–H and O–H groups in total. The Labute approximate surface area is 141 Å². The molecule has 2 aromatic rings. The molecule has 0 amide bonds. The summed E-state index contributed by atoms with van der Waals surface area (Å²) in [5, 5.41) is 3.60. The lowest BCUT2D eigenvalue weighted by atomic mass is 9.76. The number of H-pyrrole nitrogens is 2. The number of hydrogen-bond acceptors (Lipinski definition) is 4. The molecule has 0 unspecified atom stereocenters. The molecule has 0 bridgehead atoms. The third kappa shape index (κ3) is 2.30. The molecule has 1 aliphatic heterocycles. The summed E-state index contributed by atoms with van der Waals surface area (Å²) in [6, 6.07) is 7.11. The van der Waals surface area contributed by atoms with Gasteiger partial charge in [0.05, 0.1) is 5.56 Å². The third-order valence-corrected chi connectivity index (χ3v) is 4.71. The second-order valence-corrected chi connectivity index (χ2v) is 6.42. The molecule has 2 aliphatic rings. The van der Waals surface area contributed by atoms with Gasteiger partial charge in [0.15, 0.2) is 5.78 Å². The highest BCUT2D eigenvalue weighted by Crippen LogP contribution is 2.43. The topological polar surface area (TPSA) is 94.8 Å². The number of aromatic amines is 2. The first-order valence-corrected chi connectivity index (χ1v) is 8.07. The van der Waals surface area contributed by atoms with Crippen molar-refractivity contribution in [1.82, 2.24) is 9.97 Å². The second-order valence-electron chi connectivity index (χ2n) is 5.98. The Hall–Kier alpha value is -2.60. The van der Waals surface area contributed by atoms with Gasteiger partial charge in [0.25, 0.3) is 5.56 Å². The summed E-state index contributed by atoms with van der Waals surface area (Å²) in [5.41, 5.74) is 1.37. The summed E-state index contributed by atoms with van der Waals surface area (Å²) in [6.07, 6.45) is 1.90. The first kappa shape index (κ1) is 15.0. The van der Waals surface area contributed by atoms with Crippen LogP contribution in [0.4, 0.5) is 5.82 Å². The van der Waals surface area contributed by atoms with Gasteiger partial charge in [-0.05, 0) is 30.5 Å². The molecule has 1 aliphatic carbocycles. The van der Waals surface area contributed by atoms with E-state index >= 15 is 0 Å². The number of carbonyl (C=O) groups is 1. The van der Waals surface area contributed by atoms with Crippen LogP contribution in [0.5, 0.6) is 0 Å². The first-order valence-electron chi connectivity index (χ1n) is 7.70. The summed E-state index contributed by atoms with van der Waals surface area (Å²) in [6.45, 7) is 0. The molecule has 0 fully saturated rings. The maximum Gasteiger partial charge on any atom is 0.327 e. The van der Waals surface area contributed by atoms with E-state index in [0.29, 0.717) is 34.8 Å². The molecule has 2 heterocycles. The van der Waals surface area contributed by atoms with Crippen molar-refractivity contribution < 1.29 is 4.79 Å². The fourth-order valence-electron chi connectivity index (χ4n) is 3.51. The molecule has 122 valence electrons. The lowest BCUT2D eigenvalue weighted by Gasteiger charge is -2.32. The lowest BCUT2D eigenvalue weighted by molar-refractivity contribution is -0.116. The van der Waals surface area contributed by atoms with Crippen molar-refractivity contribution in [2.75, 3.05) is 5.32 Å². The van der Waals surface area contributed by atoms with Gasteiger partial charge in [-0.3, -0.25) is 19.6 Å². The van der Waals surface area contributed by atoms with Crippen LogP contribution < -0.4 is 16.6 Å². The maximum atomic E-state index is 12.6. The normalized spacial score (nSPS) is 19.5. The van der Waals surface area contributed by atoms with E-state index in [1.807, 2.05) is 6.07 Å². The summed E-state index contributed by atoms with van der Waals surface area (Å²) >= 11 is 6.11. The number of hydrogen-bond donors (Lipinski definition) is 3. The number of Topliss-reactive ketones (excluding diaryl/α,β-unsaturated/α-hetero) is 1. The van der Waals surface area contributed by atoms with Gasteiger partial charge in [0.2, 0.25) is 0 Å². The van der Waals surface area contributed by atoms with Gasteiger partial charge in [-0.15, -0.1) is 0 Å². The number of benzene rings is 1. The lowest BCUT2D eigenvalue weighted by Crippen LogP contribution is -2.36. The van der Waals surface area contributed by atoms with Crippen LogP contribution in [0.15, 0.2) is 45.1 Å². The first-order chi connectivity index (χ1) is 11.5. The average molecular weight is 344 g/mol. The molecular formula is C17H14ClN3O3. The van der Waals surface area contributed by atoms with E-state index in [9.17, 15) is 14.4 Å². The van der Waals surface area contributed by atoms with Crippen LogP contribution in [0.2, 0.25) is 5.02 Å².